The minimum Gasteiger partial charge on any atom is -0.481 e. The number of carbonyl (C=O) groups excluding carboxylic acids is 2. The minimum atomic E-state index is -0.433. The van der Waals surface area contributed by atoms with E-state index in [2.05, 4.69) is 31.2 Å². The average Bonchev–Trinajstić information content (AvgIpc) is 2.97. The maximum atomic E-state index is 12.4. The monoisotopic (exact) mass is 390 g/mol. The van der Waals surface area contributed by atoms with Crippen LogP contribution >= 0.6 is 15.9 Å². The number of hydrogen-bond donors (Lipinski definition) is 1. The molecule has 0 radical (unpaired) electrons. The first-order valence-corrected chi connectivity index (χ1v) is 8.09. The van der Waals surface area contributed by atoms with Gasteiger partial charge in [-0.15, -0.1) is 0 Å². The highest BCUT2D eigenvalue weighted by Gasteiger charge is 2.35. The Morgan fingerprint density at radius 3 is 2.96 bits per heavy atom. The van der Waals surface area contributed by atoms with Gasteiger partial charge in [0.2, 0.25) is 17.7 Å². The van der Waals surface area contributed by atoms with Crippen LogP contribution in [0.4, 0.5) is 11.5 Å². The zero-order valence-corrected chi connectivity index (χ0v) is 14.5. The predicted molar refractivity (Wildman–Crippen MR) is 91.8 cm³/mol. The fourth-order valence-corrected chi connectivity index (χ4v) is 2.91. The summed E-state index contributed by atoms with van der Waals surface area (Å²) in [5.41, 5.74) is 0.772. The standard InChI is InChI=1S/C16H15BrN4O3/c1-24-14-7-13(18-9-19-14)20-16(23)10-5-15(22)21(8-10)12-4-2-3-11(17)6-12/h2-4,6-7,9-10H,5,8H2,1H3,(H,18,19,20,23). The summed E-state index contributed by atoms with van der Waals surface area (Å²) in [6.07, 6.45) is 1.47. The third-order valence-electron chi connectivity index (χ3n) is 3.72. The highest BCUT2D eigenvalue weighted by Crippen LogP contribution is 2.28. The Labute approximate surface area is 147 Å². The number of amides is 2. The molecule has 3 rings (SSSR count). The van der Waals surface area contributed by atoms with Crippen molar-refractivity contribution in [2.45, 2.75) is 6.42 Å². The number of nitrogens with zero attached hydrogens (tertiary/aromatic N) is 3. The molecule has 1 N–H and O–H groups in total. The maximum absolute atomic E-state index is 12.4. The van der Waals surface area contributed by atoms with Crippen molar-refractivity contribution in [2.24, 2.45) is 5.92 Å². The largest absolute Gasteiger partial charge is 0.481 e. The molecule has 0 bridgehead atoms. The molecule has 1 fully saturated rings. The van der Waals surface area contributed by atoms with Gasteiger partial charge in [-0.25, -0.2) is 9.97 Å². The van der Waals surface area contributed by atoms with Gasteiger partial charge in [0.05, 0.1) is 13.0 Å². The number of methoxy groups -OCH3 is 1. The Morgan fingerprint density at radius 1 is 1.38 bits per heavy atom. The van der Waals surface area contributed by atoms with Gasteiger partial charge in [-0.2, -0.15) is 0 Å². The van der Waals surface area contributed by atoms with Gasteiger partial charge < -0.3 is 15.0 Å². The summed E-state index contributed by atoms with van der Waals surface area (Å²) in [5.74, 6) is -0.0497. The minimum absolute atomic E-state index is 0.0754. The first kappa shape index (κ1) is 16.4. The van der Waals surface area contributed by atoms with Gasteiger partial charge in [-0.3, -0.25) is 9.59 Å². The highest BCUT2D eigenvalue weighted by molar-refractivity contribution is 9.10. The van der Waals surface area contributed by atoms with Crippen LogP contribution in [0.3, 0.4) is 0 Å². The highest BCUT2D eigenvalue weighted by atomic mass is 79.9. The van der Waals surface area contributed by atoms with Crippen LogP contribution in [-0.4, -0.2) is 35.4 Å². The number of rotatable bonds is 4. The third kappa shape index (κ3) is 3.53. The van der Waals surface area contributed by atoms with E-state index < -0.39 is 5.92 Å². The molecule has 1 aromatic heterocycles. The zero-order valence-electron chi connectivity index (χ0n) is 12.9. The van der Waals surface area contributed by atoms with Crippen molar-refractivity contribution in [2.75, 3.05) is 23.9 Å². The Balaban J connectivity index is 1.69. The van der Waals surface area contributed by atoms with E-state index in [4.69, 9.17) is 4.74 Å². The zero-order chi connectivity index (χ0) is 17.1. The molecular weight excluding hydrogens is 376 g/mol. The lowest BCUT2D eigenvalue weighted by molar-refractivity contribution is -0.122. The molecular formula is C16H15BrN4O3. The number of carbonyl (C=O) groups is 2. The molecule has 7 nitrogen and oxygen atoms in total. The molecule has 2 aromatic rings. The van der Waals surface area contributed by atoms with E-state index in [-0.39, 0.29) is 18.2 Å². The van der Waals surface area contributed by atoms with E-state index in [0.717, 1.165) is 10.2 Å². The van der Waals surface area contributed by atoms with Gasteiger partial charge in [-0.05, 0) is 18.2 Å². The lowest BCUT2D eigenvalue weighted by Crippen LogP contribution is -2.28. The molecule has 2 heterocycles. The first-order chi connectivity index (χ1) is 11.6. The molecule has 0 saturated carbocycles. The van der Waals surface area contributed by atoms with Gasteiger partial charge in [-0.1, -0.05) is 22.0 Å². The van der Waals surface area contributed by atoms with Crippen molar-refractivity contribution in [3.63, 3.8) is 0 Å². The number of anilines is 2. The van der Waals surface area contributed by atoms with Crippen molar-refractivity contribution in [3.8, 4) is 5.88 Å². The SMILES string of the molecule is COc1cc(NC(=O)C2CC(=O)N(c3cccc(Br)c3)C2)ncn1. The fraction of sp³-hybridized carbons (Fsp3) is 0.250. The van der Waals surface area contributed by atoms with Gasteiger partial charge in [0, 0.05) is 29.2 Å². The Morgan fingerprint density at radius 2 is 2.21 bits per heavy atom. The molecule has 1 aliphatic heterocycles. The van der Waals surface area contributed by atoms with Crippen LogP contribution in [0.2, 0.25) is 0 Å². The molecule has 0 aliphatic carbocycles. The first-order valence-electron chi connectivity index (χ1n) is 7.29. The summed E-state index contributed by atoms with van der Waals surface area (Å²) in [6.45, 7) is 0.337. The van der Waals surface area contributed by atoms with Crippen molar-refractivity contribution in [1.29, 1.82) is 0 Å². The quantitative estimate of drug-likeness (QED) is 0.864. The molecule has 1 aromatic carbocycles. The second-order valence-corrected chi connectivity index (χ2v) is 6.24. The van der Waals surface area contributed by atoms with Crippen molar-refractivity contribution >= 4 is 39.2 Å². The summed E-state index contributed by atoms with van der Waals surface area (Å²) in [6, 6.07) is 8.97. The average molecular weight is 391 g/mol. The van der Waals surface area contributed by atoms with Crippen LogP contribution < -0.4 is 15.0 Å². The number of aromatic nitrogens is 2. The molecule has 124 valence electrons. The number of halogens is 1. The predicted octanol–water partition coefficient (Wildman–Crippen LogP) is 2.24. The van der Waals surface area contributed by atoms with E-state index in [1.165, 1.54) is 19.5 Å². The second-order valence-electron chi connectivity index (χ2n) is 5.32. The molecule has 2 amide bonds. The summed E-state index contributed by atoms with van der Waals surface area (Å²) in [5, 5.41) is 2.70. The van der Waals surface area contributed by atoms with E-state index >= 15 is 0 Å². The number of benzene rings is 1. The van der Waals surface area contributed by atoms with Gasteiger partial charge in [0.1, 0.15) is 12.1 Å². The van der Waals surface area contributed by atoms with Crippen molar-refractivity contribution in [1.82, 2.24) is 9.97 Å². The maximum Gasteiger partial charge on any atom is 0.230 e. The van der Waals surface area contributed by atoms with E-state index in [1.54, 1.807) is 4.90 Å². The van der Waals surface area contributed by atoms with Crippen molar-refractivity contribution < 1.29 is 14.3 Å². The molecule has 0 spiro atoms. The van der Waals surface area contributed by atoms with Crippen LogP contribution in [0.25, 0.3) is 0 Å². The number of hydrogen-bond acceptors (Lipinski definition) is 5. The summed E-state index contributed by atoms with van der Waals surface area (Å²) in [4.78, 5) is 34.1. The van der Waals surface area contributed by atoms with Crippen molar-refractivity contribution in [3.05, 3.63) is 41.1 Å². The van der Waals surface area contributed by atoms with E-state index in [1.807, 2.05) is 24.3 Å². The van der Waals surface area contributed by atoms with Gasteiger partial charge in [0.25, 0.3) is 0 Å². The van der Waals surface area contributed by atoms with Crippen LogP contribution in [0, 0.1) is 5.92 Å². The number of ether oxygens (including phenoxy) is 1. The molecule has 1 atom stereocenters. The van der Waals surface area contributed by atoms with E-state index in [9.17, 15) is 9.59 Å². The summed E-state index contributed by atoms with van der Waals surface area (Å²) >= 11 is 3.39. The third-order valence-corrected chi connectivity index (χ3v) is 4.21. The smallest absolute Gasteiger partial charge is 0.230 e. The molecule has 24 heavy (non-hydrogen) atoms. The van der Waals surface area contributed by atoms with Crippen LogP contribution in [0.5, 0.6) is 5.88 Å². The molecule has 1 unspecified atom stereocenters. The lowest BCUT2D eigenvalue weighted by atomic mass is 10.1. The van der Waals surface area contributed by atoms with Gasteiger partial charge >= 0.3 is 0 Å². The Kier molecular flexibility index (Phi) is 4.75. The van der Waals surface area contributed by atoms with E-state index in [0.29, 0.717) is 18.2 Å². The Hall–Kier alpha value is -2.48. The molecule has 1 saturated heterocycles. The van der Waals surface area contributed by atoms with Crippen LogP contribution in [-0.2, 0) is 9.59 Å². The number of nitrogens with one attached hydrogen (secondary N) is 1. The van der Waals surface area contributed by atoms with Gasteiger partial charge in [0.15, 0.2) is 0 Å². The summed E-state index contributed by atoms with van der Waals surface area (Å²) < 4.78 is 5.88. The van der Waals surface area contributed by atoms with Crippen LogP contribution in [0.15, 0.2) is 41.1 Å². The lowest BCUT2D eigenvalue weighted by Gasteiger charge is -2.17. The Bertz CT molecular complexity index is 783. The topological polar surface area (TPSA) is 84.4 Å². The molecule has 8 heteroatoms. The summed E-state index contributed by atoms with van der Waals surface area (Å²) in [7, 11) is 1.49. The normalized spacial score (nSPS) is 17.0. The fourth-order valence-electron chi connectivity index (χ4n) is 2.52. The second kappa shape index (κ2) is 6.96. The van der Waals surface area contributed by atoms with Crippen LogP contribution in [0.1, 0.15) is 6.42 Å². The molecule has 1 aliphatic rings.